The number of nitrogens with one attached hydrogen (secondary N) is 2. The van der Waals surface area contributed by atoms with E-state index in [1.165, 1.54) is 5.56 Å². The summed E-state index contributed by atoms with van der Waals surface area (Å²) in [6.45, 7) is 3.06. The Labute approximate surface area is 176 Å². The first-order valence-electron chi connectivity index (χ1n) is 10.4. The molecule has 1 aromatic heterocycles. The second kappa shape index (κ2) is 8.61. The lowest BCUT2D eigenvalue weighted by Crippen LogP contribution is -2.34. The van der Waals surface area contributed by atoms with E-state index in [4.69, 9.17) is 4.74 Å². The zero-order chi connectivity index (χ0) is 21.1. The Morgan fingerprint density at radius 3 is 2.77 bits per heavy atom. The number of H-pyrrole nitrogens is 1. The molecule has 0 unspecified atom stereocenters. The number of ether oxygens (including phenoxy) is 1. The van der Waals surface area contributed by atoms with Gasteiger partial charge in [0, 0.05) is 42.3 Å². The molecule has 0 aliphatic carbocycles. The van der Waals surface area contributed by atoms with Gasteiger partial charge in [-0.3, -0.25) is 9.59 Å². The first-order chi connectivity index (χ1) is 14.6. The van der Waals surface area contributed by atoms with Gasteiger partial charge in [0.1, 0.15) is 5.75 Å². The molecular formula is C24H27N3O3. The number of benzene rings is 2. The summed E-state index contributed by atoms with van der Waals surface area (Å²) in [6.07, 6.45) is 3.90. The highest BCUT2D eigenvalue weighted by Crippen LogP contribution is 2.26. The molecule has 0 radical (unpaired) electrons. The maximum atomic E-state index is 12.6. The van der Waals surface area contributed by atoms with Gasteiger partial charge in [-0.2, -0.15) is 0 Å². The highest BCUT2D eigenvalue weighted by atomic mass is 16.5. The maximum Gasteiger partial charge on any atom is 0.227 e. The van der Waals surface area contributed by atoms with Gasteiger partial charge < -0.3 is 19.9 Å². The summed E-state index contributed by atoms with van der Waals surface area (Å²) in [6, 6.07) is 13.9. The van der Waals surface area contributed by atoms with Gasteiger partial charge in [-0.25, -0.2) is 0 Å². The SMILES string of the molecule is CCc1ccc(N2C[C@H](C(=O)NCCc3c[nH]c4ccc(OC)cc34)CC2=O)cc1. The van der Waals surface area contributed by atoms with Crippen LogP contribution in [0.15, 0.2) is 48.7 Å². The Kier molecular flexibility index (Phi) is 5.74. The van der Waals surface area contributed by atoms with E-state index in [0.717, 1.165) is 34.3 Å². The molecule has 3 aromatic rings. The molecule has 0 spiro atoms. The van der Waals surface area contributed by atoms with Crippen molar-refractivity contribution in [3.8, 4) is 5.75 Å². The van der Waals surface area contributed by atoms with Gasteiger partial charge in [0.2, 0.25) is 11.8 Å². The van der Waals surface area contributed by atoms with Gasteiger partial charge in [0.05, 0.1) is 13.0 Å². The number of anilines is 1. The predicted octanol–water partition coefficient (Wildman–Crippen LogP) is 3.45. The van der Waals surface area contributed by atoms with Crippen molar-refractivity contribution in [3.05, 3.63) is 59.8 Å². The number of fused-ring (bicyclic) bond motifs is 1. The Balaban J connectivity index is 1.34. The van der Waals surface area contributed by atoms with Crippen molar-refractivity contribution in [3.63, 3.8) is 0 Å². The minimum Gasteiger partial charge on any atom is -0.497 e. The fraction of sp³-hybridized carbons (Fsp3) is 0.333. The fourth-order valence-electron chi connectivity index (χ4n) is 4.00. The van der Waals surface area contributed by atoms with Crippen LogP contribution in [-0.2, 0) is 22.4 Å². The lowest BCUT2D eigenvalue weighted by molar-refractivity contribution is -0.126. The second-order valence-corrected chi connectivity index (χ2v) is 7.69. The summed E-state index contributed by atoms with van der Waals surface area (Å²) < 4.78 is 5.31. The minimum atomic E-state index is -0.314. The zero-order valence-corrected chi connectivity index (χ0v) is 17.4. The number of methoxy groups -OCH3 is 1. The van der Waals surface area contributed by atoms with Crippen molar-refractivity contribution in [2.75, 3.05) is 25.1 Å². The van der Waals surface area contributed by atoms with Gasteiger partial charge in [-0.05, 0) is 54.3 Å². The summed E-state index contributed by atoms with van der Waals surface area (Å²) >= 11 is 0. The number of amides is 2. The van der Waals surface area contributed by atoms with Gasteiger partial charge in [0.25, 0.3) is 0 Å². The molecule has 6 heteroatoms. The monoisotopic (exact) mass is 405 g/mol. The normalized spacial score (nSPS) is 16.3. The molecule has 2 aromatic carbocycles. The van der Waals surface area contributed by atoms with E-state index in [1.54, 1.807) is 12.0 Å². The van der Waals surface area contributed by atoms with Crippen LogP contribution in [0.2, 0.25) is 0 Å². The van der Waals surface area contributed by atoms with Crippen LogP contribution in [0.25, 0.3) is 10.9 Å². The number of rotatable bonds is 7. The van der Waals surface area contributed by atoms with Gasteiger partial charge in [0.15, 0.2) is 0 Å². The molecule has 4 rings (SSSR count). The quantitative estimate of drug-likeness (QED) is 0.632. The van der Waals surface area contributed by atoms with E-state index >= 15 is 0 Å². The molecule has 1 atom stereocenters. The van der Waals surface area contributed by atoms with E-state index in [0.29, 0.717) is 19.5 Å². The molecular weight excluding hydrogens is 378 g/mol. The van der Waals surface area contributed by atoms with Gasteiger partial charge in [-0.1, -0.05) is 19.1 Å². The molecule has 0 bridgehead atoms. The minimum absolute atomic E-state index is 0.00289. The summed E-state index contributed by atoms with van der Waals surface area (Å²) in [5.41, 5.74) is 4.27. The summed E-state index contributed by atoms with van der Waals surface area (Å²) in [5, 5.41) is 4.10. The molecule has 0 saturated carbocycles. The van der Waals surface area contributed by atoms with Crippen LogP contribution < -0.4 is 15.0 Å². The highest BCUT2D eigenvalue weighted by Gasteiger charge is 2.34. The van der Waals surface area contributed by atoms with Crippen LogP contribution in [0, 0.1) is 5.92 Å². The summed E-state index contributed by atoms with van der Waals surface area (Å²) in [4.78, 5) is 30.1. The third-order valence-electron chi connectivity index (χ3n) is 5.82. The Morgan fingerprint density at radius 1 is 1.23 bits per heavy atom. The van der Waals surface area contributed by atoms with E-state index in [1.807, 2.05) is 48.7 Å². The molecule has 1 saturated heterocycles. The number of carbonyl (C=O) groups excluding carboxylic acids is 2. The Bertz CT molecular complexity index is 1060. The molecule has 6 nitrogen and oxygen atoms in total. The van der Waals surface area contributed by atoms with E-state index in [-0.39, 0.29) is 24.2 Å². The van der Waals surface area contributed by atoms with Crippen LogP contribution in [0.3, 0.4) is 0 Å². The molecule has 30 heavy (non-hydrogen) atoms. The standard InChI is InChI=1S/C24H27N3O3/c1-3-16-4-6-19(7-5-16)27-15-18(12-23(27)28)24(29)25-11-10-17-14-26-22-9-8-20(30-2)13-21(17)22/h4-9,13-14,18,26H,3,10-12,15H2,1-2H3,(H,25,29)/t18-/m1/s1. The number of aromatic nitrogens is 1. The number of aromatic amines is 1. The van der Waals surface area contributed by atoms with E-state index in [9.17, 15) is 9.59 Å². The van der Waals surface area contributed by atoms with Crippen LogP contribution in [0.4, 0.5) is 5.69 Å². The van der Waals surface area contributed by atoms with Gasteiger partial charge >= 0.3 is 0 Å². The number of aryl methyl sites for hydroxylation is 1. The van der Waals surface area contributed by atoms with Crippen molar-refractivity contribution < 1.29 is 14.3 Å². The van der Waals surface area contributed by atoms with Crippen LogP contribution in [0.1, 0.15) is 24.5 Å². The highest BCUT2D eigenvalue weighted by molar-refractivity contribution is 6.00. The third-order valence-corrected chi connectivity index (χ3v) is 5.82. The van der Waals surface area contributed by atoms with Crippen LogP contribution >= 0.6 is 0 Å². The molecule has 1 fully saturated rings. The molecule has 2 N–H and O–H groups in total. The number of nitrogens with zero attached hydrogens (tertiary/aromatic N) is 1. The van der Waals surface area contributed by atoms with Crippen molar-refractivity contribution in [1.29, 1.82) is 0 Å². The number of hydrogen-bond acceptors (Lipinski definition) is 3. The van der Waals surface area contributed by atoms with Gasteiger partial charge in [-0.15, -0.1) is 0 Å². The molecule has 2 heterocycles. The zero-order valence-electron chi connectivity index (χ0n) is 17.4. The van der Waals surface area contributed by atoms with Crippen molar-refractivity contribution >= 4 is 28.4 Å². The van der Waals surface area contributed by atoms with Crippen LogP contribution in [0.5, 0.6) is 5.75 Å². The van der Waals surface area contributed by atoms with Crippen molar-refractivity contribution in [2.24, 2.45) is 5.92 Å². The lowest BCUT2D eigenvalue weighted by atomic mass is 10.1. The smallest absolute Gasteiger partial charge is 0.227 e. The van der Waals surface area contributed by atoms with Crippen LogP contribution in [-0.4, -0.2) is 37.0 Å². The molecule has 1 aliphatic heterocycles. The predicted molar refractivity (Wildman–Crippen MR) is 118 cm³/mol. The largest absolute Gasteiger partial charge is 0.497 e. The van der Waals surface area contributed by atoms with E-state index < -0.39 is 0 Å². The first kappa shape index (κ1) is 20.0. The third kappa shape index (κ3) is 4.03. The first-order valence-corrected chi connectivity index (χ1v) is 10.4. The number of hydrogen-bond donors (Lipinski definition) is 2. The topological polar surface area (TPSA) is 74.4 Å². The molecule has 156 valence electrons. The lowest BCUT2D eigenvalue weighted by Gasteiger charge is -2.17. The molecule has 2 amide bonds. The van der Waals surface area contributed by atoms with E-state index in [2.05, 4.69) is 17.2 Å². The maximum absolute atomic E-state index is 12.6. The molecule has 1 aliphatic rings. The number of carbonyl (C=O) groups is 2. The summed E-state index contributed by atoms with van der Waals surface area (Å²) in [7, 11) is 1.65. The fourth-order valence-corrected chi connectivity index (χ4v) is 4.00. The van der Waals surface area contributed by atoms with Crippen molar-refractivity contribution in [2.45, 2.75) is 26.2 Å². The average molecular weight is 405 g/mol. The Hall–Kier alpha value is -3.28. The summed E-state index contributed by atoms with van der Waals surface area (Å²) in [5.74, 6) is 0.437. The second-order valence-electron chi connectivity index (χ2n) is 7.69. The van der Waals surface area contributed by atoms with Crippen molar-refractivity contribution in [1.82, 2.24) is 10.3 Å². The average Bonchev–Trinajstić information content (AvgIpc) is 3.37. The Morgan fingerprint density at radius 2 is 2.03 bits per heavy atom.